The van der Waals surface area contributed by atoms with Crippen LogP contribution in [0, 0.1) is 5.92 Å². The van der Waals surface area contributed by atoms with Gasteiger partial charge in [-0.15, -0.1) is 0 Å². The molecule has 0 spiro atoms. The average molecular weight is 1490 g/mol. The summed E-state index contributed by atoms with van der Waals surface area (Å²) in [5, 5.41) is 10.7. The van der Waals surface area contributed by atoms with Crippen molar-refractivity contribution in [3.63, 3.8) is 0 Å². The molecule has 606 valence electrons. The summed E-state index contributed by atoms with van der Waals surface area (Å²) in [4.78, 5) is 73.1. The Balaban J connectivity index is 5.25. The number of hydrogen-bond acceptors (Lipinski definition) is 15. The van der Waals surface area contributed by atoms with Crippen molar-refractivity contribution in [1.82, 2.24) is 0 Å². The second kappa shape index (κ2) is 75.9. The van der Waals surface area contributed by atoms with E-state index in [1.54, 1.807) is 0 Å². The Morgan fingerprint density at radius 1 is 0.265 bits per heavy atom. The molecule has 2 unspecified atom stereocenters. The highest BCUT2D eigenvalue weighted by molar-refractivity contribution is 7.47. The van der Waals surface area contributed by atoms with E-state index >= 15 is 0 Å². The largest absolute Gasteiger partial charge is 0.472 e. The van der Waals surface area contributed by atoms with Gasteiger partial charge in [-0.3, -0.25) is 37.3 Å². The topological polar surface area (TPSA) is 237 Å². The van der Waals surface area contributed by atoms with Crippen molar-refractivity contribution in [1.29, 1.82) is 0 Å². The third-order valence-electron chi connectivity index (χ3n) is 19.5. The normalized spacial score (nSPS) is 13.8. The number of phosphoric ester groups is 2. The molecule has 17 nitrogen and oxygen atoms in total. The smallest absolute Gasteiger partial charge is 0.462 e. The summed E-state index contributed by atoms with van der Waals surface area (Å²) in [6, 6.07) is 0. The lowest BCUT2D eigenvalue weighted by atomic mass is 10.0. The van der Waals surface area contributed by atoms with Crippen LogP contribution in [-0.4, -0.2) is 96.7 Å². The highest BCUT2D eigenvalue weighted by atomic mass is 31.2. The highest BCUT2D eigenvalue weighted by Crippen LogP contribution is 2.45. The van der Waals surface area contributed by atoms with Crippen LogP contribution < -0.4 is 0 Å². The zero-order valence-corrected chi connectivity index (χ0v) is 68.5. The van der Waals surface area contributed by atoms with Crippen molar-refractivity contribution in [2.75, 3.05) is 39.6 Å². The van der Waals surface area contributed by atoms with Crippen molar-refractivity contribution in [2.45, 2.75) is 464 Å². The number of rotatable bonds is 83. The van der Waals surface area contributed by atoms with Crippen LogP contribution in [0.25, 0.3) is 0 Å². The Hall–Kier alpha value is -1.94. The molecular formula is C83H162O17P2. The van der Waals surface area contributed by atoms with Gasteiger partial charge in [0.1, 0.15) is 19.3 Å². The van der Waals surface area contributed by atoms with Crippen LogP contribution in [-0.2, 0) is 65.4 Å². The minimum Gasteiger partial charge on any atom is -0.462 e. The molecule has 0 saturated heterocycles. The molecule has 0 fully saturated rings. The maximum absolute atomic E-state index is 13.1. The summed E-state index contributed by atoms with van der Waals surface area (Å²) in [5.74, 6) is -1.34. The lowest BCUT2D eigenvalue weighted by molar-refractivity contribution is -0.161. The van der Waals surface area contributed by atoms with Crippen molar-refractivity contribution < 1.29 is 80.2 Å². The molecule has 0 aromatic carbocycles. The van der Waals surface area contributed by atoms with Gasteiger partial charge >= 0.3 is 39.5 Å². The molecule has 0 aliphatic rings. The van der Waals surface area contributed by atoms with Gasteiger partial charge in [0.25, 0.3) is 0 Å². The molecule has 19 heteroatoms. The monoisotopic (exact) mass is 1490 g/mol. The molecule has 102 heavy (non-hydrogen) atoms. The number of unbranched alkanes of at least 4 members (excludes halogenated alkanes) is 55. The van der Waals surface area contributed by atoms with Gasteiger partial charge in [-0.1, -0.05) is 394 Å². The lowest BCUT2D eigenvalue weighted by Crippen LogP contribution is -2.30. The summed E-state index contributed by atoms with van der Waals surface area (Å²) < 4.78 is 68.8. The molecule has 0 aromatic heterocycles. The van der Waals surface area contributed by atoms with E-state index in [9.17, 15) is 43.2 Å². The number of carbonyl (C=O) groups is 4. The molecule has 0 radical (unpaired) electrons. The molecule has 0 aliphatic carbocycles. The molecule has 0 amide bonds. The summed E-state index contributed by atoms with van der Waals surface area (Å²) in [6.45, 7) is 7.35. The Morgan fingerprint density at radius 3 is 0.667 bits per heavy atom. The summed E-state index contributed by atoms with van der Waals surface area (Å²) >= 11 is 0. The van der Waals surface area contributed by atoms with E-state index in [1.807, 2.05) is 0 Å². The van der Waals surface area contributed by atoms with E-state index in [0.717, 1.165) is 95.8 Å². The van der Waals surface area contributed by atoms with E-state index in [2.05, 4.69) is 34.6 Å². The molecule has 0 rings (SSSR count). The van der Waals surface area contributed by atoms with E-state index < -0.39 is 97.5 Å². The van der Waals surface area contributed by atoms with Crippen molar-refractivity contribution in [2.24, 2.45) is 5.92 Å². The van der Waals surface area contributed by atoms with Gasteiger partial charge in [-0.2, -0.15) is 0 Å². The van der Waals surface area contributed by atoms with Crippen molar-refractivity contribution >= 4 is 39.5 Å². The van der Waals surface area contributed by atoms with Crippen LogP contribution in [0.4, 0.5) is 0 Å². The number of ether oxygens (including phenoxy) is 4. The zero-order valence-electron chi connectivity index (χ0n) is 66.8. The van der Waals surface area contributed by atoms with Gasteiger partial charge in [0, 0.05) is 25.7 Å². The molecule has 5 atom stereocenters. The fourth-order valence-electron chi connectivity index (χ4n) is 12.9. The number of carbonyl (C=O) groups excluding carboxylic acids is 4. The average Bonchev–Trinajstić information content (AvgIpc) is 0.910. The van der Waals surface area contributed by atoms with Gasteiger partial charge < -0.3 is 33.8 Å². The quantitative estimate of drug-likeness (QED) is 0.0222. The Labute approximate surface area is 626 Å². The maximum atomic E-state index is 13.1. The van der Waals surface area contributed by atoms with Gasteiger partial charge in [-0.25, -0.2) is 9.13 Å². The first kappa shape index (κ1) is 100. The summed E-state index contributed by atoms with van der Waals surface area (Å²) in [7, 11) is -9.92. The van der Waals surface area contributed by atoms with E-state index in [0.29, 0.717) is 25.7 Å². The van der Waals surface area contributed by atoms with Crippen LogP contribution in [0.2, 0.25) is 0 Å². The van der Waals surface area contributed by atoms with E-state index in [1.165, 1.54) is 270 Å². The Morgan fingerprint density at radius 2 is 0.451 bits per heavy atom. The van der Waals surface area contributed by atoms with Crippen molar-refractivity contribution in [3.8, 4) is 0 Å². The van der Waals surface area contributed by atoms with Gasteiger partial charge in [-0.05, 0) is 31.6 Å². The predicted octanol–water partition coefficient (Wildman–Crippen LogP) is 25.2. The second-order valence-corrected chi connectivity index (χ2v) is 33.3. The van der Waals surface area contributed by atoms with Crippen LogP contribution in [0.15, 0.2) is 0 Å². The third kappa shape index (κ3) is 76.3. The van der Waals surface area contributed by atoms with E-state index in [-0.39, 0.29) is 25.7 Å². The van der Waals surface area contributed by atoms with E-state index in [4.69, 9.17) is 37.0 Å². The number of hydrogen-bond donors (Lipinski definition) is 3. The van der Waals surface area contributed by atoms with Crippen LogP contribution in [0.5, 0.6) is 0 Å². The fraction of sp³-hybridized carbons (Fsp3) is 0.952. The van der Waals surface area contributed by atoms with Crippen LogP contribution >= 0.6 is 15.6 Å². The lowest BCUT2D eigenvalue weighted by Gasteiger charge is -2.21. The number of phosphoric acid groups is 2. The standard InChI is InChI=1S/C83H162O17P2/c1-6-9-12-15-18-21-24-27-30-31-32-33-34-36-39-42-49-54-59-64-69-83(88)99-78(72-93-80(85)66-61-56-51-46-40-38-35-28-25-22-19-16-13-10-7-2)74-97-101(89,90)95-70-77(84)71-96-102(91,92)98-75-79(73-94-81(86)67-62-57-52-47-44-43-45-50-55-60-65-76(4)5)100-82(87)68-63-58-53-48-41-37-29-26-23-20-17-14-11-8-3/h76-79,84H,6-75H2,1-5H3,(H,89,90)(H,91,92)/t77-,78-,79-/m1/s1. The Kier molecular flexibility index (Phi) is 74.4. The minimum absolute atomic E-state index is 0.108. The first-order chi connectivity index (χ1) is 49.5. The van der Waals surface area contributed by atoms with Crippen LogP contribution in [0.3, 0.4) is 0 Å². The molecule has 0 aromatic rings. The first-order valence-corrected chi connectivity index (χ1v) is 46.1. The SMILES string of the molecule is CCCCCCCCCCCCCCCCCCCCCCC(=O)O[C@H](COC(=O)CCCCCCCCCCCCCCCCC)COP(=O)(O)OC[C@@H](O)COP(=O)(O)OC[C@@H](COC(=O)CCCCCCCCCCCCC(C)C)OC(=O)CCCCCCCCCCCCCCCC. The fourth-order valence-corrected chi connectivity index (χ4v) is 14.5. The molecule has 0 heterocycles. The predicted molar refractivity (Wildman–Crippen MR) is 418 cm³/mol. The number of aliphatic hydroxyl groups excluding tert-OH is 1. The minimum atomic E-state index is -4.96. The molecule has 0 saturated carbocycles. The number of esters is 4. The zero-order chi connectivity index (χ0) is 74.8. The Bertz CT molecular complexity index is 1940. The number of aliphatic hydroxyl groups is 1. The molecule has 0 aliphatic heterocycles. The van der Waals surface area contributed by atoms with Gasteiger partial charge in [0.15, 0.2) is 12.2 Å². The first-order valence-electron chi connectivity index (χ1n) is 43.1. The van der Waals surface area contributed by atoms with Gasteiger partial charge in [0.05, 0.1) is 26.4 Å². The van der Waals surface area contributed by atoms with Crippen LogP contribution in [0.1, 0.15) is 446 Å². The highest BCUT2D eigenvalue weighted by Gasteiger charge is 2.30. The second-order valence-electron chi connectivity index (χ2n) is 30.3. The van der Waals surface area contributed by atoms with Gasteiger partial charge in [0.2, 0.25) is 0 Å². The maximum Gasteiger partial charge on any atom is 0.472 e. The molecule has 0 bridgehead atoms. The summed E-state index contributed by atoms with van der Waals surface area (Å²) in [6.07, 6.45) is 67.9. The molecule has 3 N–H and O–H groups in total. The summed E-state index contributed by atoms with van der Waals surface area (Å²) in [5.41, 5.74) is 0. The van der Waals surface area contributed by atoms with Crippen molar-refractivity contribution in [3.05, 3.63) is 0 Å². The molecular weight excluding hydrogens is 1330 g/mol. The third-order valence-corrected chi connectivity index (χ3v) is 21.4.